The molecule has 8 heavy (non-hydrogen) atoms. The molecule has 0 aliphatic heterocycles. The van der Waals surface area contributed by atoms with Crippen LogP contribution in [-0.4, -0.2) is 17.1 Å². The average Bonchev–Trinajstić information content (AvgIpc) is 1.65. The maximum Gasteiger partial charge on any atom is 0.305 e. The zero-order valence-electron chi connectivity index (χ0n) is 4.50. The molecule has 3 N–H and O–H groups in total. The number of carboxylic acids is 1. The van der Waals surface area contributed by atoms with Gasteiger partial charge in [0.05, 0.1) is 6.42 Å². The van der Waals surface area contributed by atoms with Crippen molar-refractivity contribution < 1.29 is 9.90 Å². The highest BCUT2D eigenvalue weighted by Crippen LogP contribution is 1.86. The Balaban J connectivity index is 3.38. The molecule has 1 unspecified atom stereocenters. The highest BCUT2D eigenvalue weighted by molar-refractivity contribution is 5.67. The predicted octanol–water partition coefficient (Wildman–Crippen LogP) is -0.0256. The van der Waals surface area contributed by atoms with Gasteiger partial charge in [0.15, 0.2) is 0 Å². The number of aliphatic carboxylic acids is 1. The van der Waals surface area contributed by atoms with Gasteiger partial charge in [0, 0.05) is 6.04 Å². The molecular formula is C5H9NO2. The lowest BCUT2D eigenvalue weighted by atomic mass is 10.2. The summed E-state index contributed by atoms with van der Waals surface area (Å²) in [5.41, 5.74) is 5.18. The van der Waals surface area contributed by atoms with Crippen LogP contribution in [0.4, 0.5) is 0 Å². The monoisotopic (exact) mass is 115 g/mol. The molecular weight excluding hydrogens is 106 g/mol. The fourth-order valence-corrected chi connectivity index (χ4v) is 0.285. The van der Waals surface area contributed by atoms with Crippen molar-refractivity contribution in [3.05, 3.63) is 12.7 Å². The molecule has 0 aromatic heterocycles. The van der Waals surface area contributed by atoms with E-state index in [1.807, 2.05) is 0 Å². The summed E-state index contributed by atoms with van der Waals surface area (Å²) in [6.07, 6.45) is 1.37. The van der Waals surface area contributed by atoms with Crippen molar-refractivity contribution in [2.24, 2.45) is 5.73 Å². The third-order valence-electron chi connectivity index (χ3n) is 0.713. The fraction of sp³-hybridized carbons (Fsp3) is 0.400. The van der Waals surface area contributed by atoms with Crippen molar-refractivity contribution in [2.45, 2.75) is 12.5 Å². The Morgan fingerprint density at radius 1 is 2.00 bits per heavy atom. The summed E-state index contributed by atoms with van der Waals surface area (Å²) in [6.45, 7) is 3.33. The number of hydrogen-bond acceptors (Lipinski definition) is 2. The molecule has 0 saturated carbocycles. The van der Waals surface area contributed by atoms with Crippen molar-refractivity contribution in [3.8, 4) is 0 Å². The number of carbonyl (C=O) groups is 1. The molecule has 0 fully saturated rings. The summed E-state index contributed by atoms with van der Waals surface area (Å²) in [6, 6.07) is -0.410. The molecule has 0 aromatic carbocycles. The van der Waals surface area contributed by atoms with Gasteiger partial charge in [-0.2, -0.15) is 0 Å². The Labute approximate surface area is 47.8 Å². The minimum absolute atomic E-state index is 0.0382. The number of hydrogen-bond donors (Lipinski definition) is 2. The Kier molecular flexibility index (Phi) is 2.88. The first-order valence-electron chi connectivity index (χ1n) is 2.26. The van der Waals surface area contributed by atoms with E-state index in [0.29, 0.717) is 0 Å². The molecule has 0 bridgehead atoms. The highest BCUT2D eigenvalue weighted by atomic mass is 16.4. The SMILES string of the molecule is C=CC(N)CC(=O)O. The minimum Gasteiger partial charge on any atom is -0.481 e. The summed E-state index contributed by atoms with van der Waals surface area (Å²) in [5, 5.41) is 8.09. The molecule has 0 aromatic rings. The zero-order valence-corrected chi connectivity index (χ0v) is 4.50. The van der Waals surface area contributed by atoms with Gasteiger partial charge in [-0.25, -0.2) is 0 Å². The summed E-state index contributed by atoms with van der Waals surface area (Å²) in [7, 11) is 0. The van der Waals surface area contributed by atoms with Crippen LogP contribution < -0.4 is 5.73 Å². The summed E-state index contributed by atoms with van der Waals surface area (Å²) in [4.78, 5) is 9.84. The largest absolute Gasteiger partial charge is 0.481 e. The minimum atomic E-state index is -0.891. The number of carboxylic acid groups (broad SMARTS) is 1. The van der Waals surface area contributed by atoms with Crippen LogP contribution in [0.3, 0.4) is 0 Å². The Morgan fingerprint density at radius 3 is 2.62 bits per heavy atom. The van der Waals surface area contributed by atoms with Crippen molar-refractivity contribution >= 4 is 5.97 Å². The third-order valence-corrected chi connectivity index (χ3v) is 0.713. The van der Waals surface area contributed by atoms with Crippen molar-refractivity contribution in [1.82, 2.24) is 0 Å². The van der Waals surface area contributed by atoms with Gasteiger partial charge in [-0.3, -0.25) is 4.79 Å². The van der Waals surface area contributed by atoms with E-state index in [1.54, 1.807) is 0 Å². The maximum absolute atomic E-state index is 9.84. The molecule has 0 amide bonds. The van der Waals surface area contributed by atoms with Gasteiger partial charge < -0.3 is 10.8 Å². The average molecular weight is 115 g/mol. The molecule has 0 spiro atoms. The van der Waals surface area contributed by atoms with Gasteiger partial charge in [-0.05, 0) is 0 Å². The lowest BCUT2D eigenvalue weighted by molar-refractivity contribution is -0.137. The molecule has 0 rings (SSSR count). The second-order valence-corrected chi connectivity index (χ2v) is 1.50. The Morgan fingerprint density at radius 2 is 2.50 bits per heavy atom. The number of nitrogens with two attached hydrogens (primary N) is 1. The third kappa shape index (κ3) is 3.36. The predicted molar refractivity (Wildman–Crippen MR) is 30.4 cm³/mol. The Hall–Kier alpha value is -0.830. The second kappa shape index (κ2) is 3.21. The van der Waals surface area contributed by atoms with E-state index >= 15 is 0 Å². The topological polar surface area (TPSA) is 63.3 Å². The molecule has 1 atom stereocenters. The molecule has 3 heteroatoms. The van der Waals surface area contributed by atoms with E-state index in [2.05, 4.69) is 6.58 Å². The normalized spacial score (nSPS) is 12.6. The molecule has 0 aliphatic carbocycles. The maximum atomic E-state index is 9.84. The molecule has 3 nitrogen and oxygen atoms in total. The first kappa shape index (κ1) is 7.17. The van der Waals surface area contributed by atoms with E-state index in [4.69, 9.17) is 10.8 Å². The van der Waals surface area contributed by atoms with Crippen LogP contribution in [0.2, 0.25) is 0 Å². The van der Waals surface area contributed by atoms with E-state index < -0.39 is 12.0 Å². The van der Waals surface area contributed by atoms with Crippen molar-refractivity contribution in [3.63, 3.8) is 0 Å². The number of rotatable bonds is 3. The highest BCUT2D eigenvalue weighted by Gasteiger charge is 2.00. The van der Waals surface area contributed by atoms with E-state index in [0.717, 1.165) is 0 Å². The lowest BCUT2D eigenvalue weighted by Gasteiger charge is -1.97. The lowest BCUT2D eigenvalue weighted by Crippen LogP contribution is -2.20. The first-order valence-corrected chi connectivity index (χ1v) is 2.26. The van der Waals surface area contributed by atoms with Gasteiger partial charge in [0.1, 0.15) is 0 Å². The van der Waals surface area contributed by atoms with Crippen LogP contribution >= 0.6 is 0 Å². The van der Waals surface area contributed by atoms with Crippen LogP contribution in [0.5, 0.6) is 0 Å². The smallest absolute Gasteiger partial charge is 0.305 e. The standard InChI is InChI=1S/C5H9NO2/c1-2-4(6)3-5(7)8/h2,4H,1,3,6H2,(H,7,8). The molecule has 0 heterocycles. The molecule has 0 aliphatic rings. The van der Waals surface area contributed by atoms with Gasteiger partial charge in [-0.1, -0.05) is 6.08 Å². The molecule has 0 saturated heterocycles. The van der Waals surface area contributed by atoms with Gasteiger partial charge in [0.25, 0.3) is 0 Å². The van der Waals surface area contributed by atoms with Gasteiger partial charge in [-0.15, -0.1) is 6.58 Å². The quantitative estimate of drug-likeness (QED) is 0.508. The molecule has 46 valence electrons. The molecule has 0 radical (unpaired) electrons. The van der Waals surface area contributed by atoms with Crippen molar-refractivity contribution in [2.75, 3.05) is 0 Å². The van der Waals surface area contributed by atoms with Gasteiger partial charge >= 0.3 is 5.97 Å². The summed E-state index contributed by atoms with van der Waals surface area (Å²) >= 11 is 0. The van der Waals surface area contributed by atoms with E-state index in [1.165, 1.54) is 6.08 Å². The summed E-state index contributed by atoms with van der Waals surface area (Å²) < 4.78 is 0. The van der Waals surface area contributed by atoms with Crippen molar-refractivity contribution in [1.29, 1.82) is 0 Å². The van der Waals surface area contributed by atoms with Crippen LogP contribution in [-0.2, 0) is 4.79 Å². The fourth-order valence-electron chi connectivity index (χ4n) is 0.285. The Bertz CT molecular complexity index is 101. The first-order chi connectivity index (χ1) is 3.66. The zero-order chi connectivity index (χ0) is 6.57. The second-order valence-electron chi connectivity index (χ2n) is 1.50. The summed E-state index contributed by atoms with van der Waals surface area (Å²) in [5.74, 6) is -0.891. The van der Waals surface area contributed by atoms with Crippen LogP contribution in [0, 0.1) is 0 Å². The van der Waals surface area contributed by atoms with Gasteiger partial charge in [0.2, 0.25) is 0 Å². The van der Waals surface area contributed by atoms with E-state index in [-0.39, 0.29) is 6.42 Å². The van der Waals surface area contributed by atoms with Crippen LogP contribution in [0.1, 0.15) is 6.42 Å². The van der Waals surface area contributed by atoms with Crippen LogP contribution in [0.15, 0.2) is 12.7 Å². The van der Waals surface area contributed by atoms with E-state index in [9.17, 15) is 4.79 Å². The van der Waals surface area contributed by atoms with Crippen LogP contribution in [0.25, 0.3) is 0 Å².